The zero-order valence-corrected chi connectivity index (χ0v) is 7.91. The average Bonchev–Trinajstić information content (AvgIpc) is 2.15. The number of esters is 1. The van der Waals surface area contributed by atoms with Crippen LogP contribution in [0.5, 0.6) is 0 Å². The number of carbonyl (C=O) groups is 1. The lowest BCUT2D eigenvalue weighted by Gasteiger charge is -1.98. The van der Waals surface area contributed by atoms with Gasteiger partial charge in [0, 0.05) is 6.20 Å². The lowest BCUT2D eigenvalue weighted by atomic mass is 10.3. The zero-order chi connectivity index (χ0) is 10.8. The van der Waals surface area contributed by atoms with Gasteiger partial charge in [0.15, 0.2) is 0 Å². The number of aromatic nitrogens is 1. The minimum atomic E-state index is -4.81. The van der Waals surface area contributed by atoms with Crippen molar-refractivity contribution in [1.82, 2.24) is 4.98 Å². The Balaban J connectivity index is 3.21. The first-order valence-electron chi connectivity index (χ1n) is 3.44. The molecule has 0 radical (unpaired) electrons. The number of rotatable bonds is 2. The molecule has 0 saturated carbocycles. The van der Waals surface area contributed by atoms with E-state index in [1.165, 1.54) is 0 Å². The van der Waals surface area contributed by atoms with Crippen molar-refractivity contribution in [2.45, 2.75) is 4.90 Å². The van der Waals surface area contributed by atoms with E-state index in [-0.39, 0.29) is 5.69 Å². The number of carbonyl (C=O) groups excluding carboxylic acids is 1. The highest BCUT2D eigenvalue weighted by Gasteiger charge is 2.15. The molecular weight excluding hydrogens is 213 g/mol. The van der Waals surface area contributed by atoms with Crippen LogP contribution < -0.4 is 0 Å². The summed E-state index contributed by atoms with van der Waals surface area (Å²) in [6, 6.07) is 1.75. The number of pyridine rings is 1. The molecule has 0 aliphatic heterocycles. The highest BCUT2D eigenvalue weighted by molar-refractivity contribution is 7.86. The molecule has 0 N–H and O–H groups in total. The van der Waals surface area contributed by atoms with E-state index in [0.717, 1.165) is 25.4 Å². The first kappa shape index (κ1) is 10.6. The Morgan fingerprint density at radius 1 is 1.57 bits per heavy atom. The number of methoxy groups -OCH3 is 1. The monoisotopic (exact) mass is 219 g/mol. The summed E-state index contributed by atoms with van der Waals surface area (Å²) in [7, 11) is -3.70. The molecule has 1 rings (SSSR count). The predicted molar refractivity (Wildman–Crippen MR) is 43.9 cm³/mol. The maximum absolute atomic E-state index is 12.5. The van der Waals surface area contributed by atoms with Crippen molar-refractivity contribution in [3.8, 4) is 0 Å². The van der Waals surface area contributed by atoms with Gasteiger partial charge in [-0.3, -0.25) is 0 Å². The summed E-state index contributed by atoms with van der Waals surface area (Å²) < 4.78 is 37.6. The molecule has 5 nitrogen and oxygen atoms in total. The van der Waals surface area contributed by atoms with Gasteiger partial charge < -0.3 is 4.74 Å². The minimum Gasteiger partial charge on any atom is -0.464 e. The summed E-state index contributed by atoms with van der Waals surface area (Å²) in [6.45, 7) is 0. The summed E-state index contributed by atoms with van der Waals surface area (Å²) >= 11 is 0. The van der Waals surface area contributed by atoms with E-state index in [2.05, 4.69) is 9.72 Å². The van der Waals surface area contributed by atoms with Crippen LogP contribution in [0, 0.1) is 0 Å². The second-order valence-corrected chi connectivity index (χ2v) is 3.65. The fourth-order valence-electron chi connectivity index (χ4n) is 0.779. The quantitative estimate of drug-likeness (QED) is 0.535. The SMILES string of the molecule is COC(=O)c1cc(S(=O)(=O)F)ccn1. The molecule has 0 spiro atoms. The van der Waals surface area contributed by atoms with E-state index >= 15 is 0 Å². The van der Waals surface area contributed by atoms with E-state index in [1.54, 1.807) is 0 Å². The molecule has 1 aromatic heterocycles. The van der Waals surface area contributed by atoms with Crippen LogP contribution in [0.4, 0.5) is 3.89 Å². The van der Waals surface area contributed by atoms with Crippen molar-refractivity contribution in [2.75, 3.05) is 7.11 Å². The van der Waals surface area contributed by atoms with Crippen LogP contribution in [0.3, 0.4) is 0 Å². The van der Waals surface area contributed by atoms with Gasteiger partial charge in [-0.05, 0) is 12.1 Å². The van der Waals surface area contributed by atoms with Gasteiger partial charge >= 0.3 is 16.2 Å². The molecule has 14 heavy (non-hydrogen) atoms. The summed E-state index contributed by atoms with van der Waals surface area (Å²) in [5.74, 6) is -0.824. The highest BCUT2D eigenvalue weighted by atomic mass is 32.3. The standard InChI is InChI=1S/C7H6FNO4S/c1-13-7(10)6-4-5(2-3-9-6)14(8,11)12/h2-4H,1H3. The van der Waals surface area contributed by atoms with Gasteiger partial charge in [-0.1, -0.05) is 0 Å². The molecule has 76 valence electrons. The summed E-state index contributed by atoms with van der Waals surface area (Å²) in [4.78, 5) is 13.8. The number of hydrogen-bond donors (Lipinski definition) is 0. The fourth-order valence-corrected chi connectivity index (χ4v) is 1.25. The topological polar surface area (TPSA) is 73.3 Å². The van der Waals surface area contributed by atoms with Gasteiger partial charge in [-0.25, -0.2) is 9.78 Å². The summed E-state index contributed by atoms with van der Waals surface area (Å²) in [5.41, 5.74) is -0.258. The number of ether oxygens (including phenoxy) is 1. The Morgan fingerprint density at radius 2 is 2.21 bits per heavy atom. The van der Waals surface area contributed by atoms with E-state index in [4.69, 9.17) is 0 Å². The van der Waals surface area contributed by atoms with Gasteiger partial charge in [0.2, 0.25) is 0 Å². The molecule has 0 aromatic carbocycles. The van der Waals surface area contributed by atoms with E-state index in [9.17, 15) is 17.1 Å². The van der Waals surface area contributed by atoms with Crippen molar-refractivity contribution < 1.29 is 21.8 Å². The average molecular weight is 219 g/mol. The Labute approximate surface area is 79.7 Å². The Bertz CT molecular complexity index is 457. The Hall–Kier alpha value is -1.50. The lowest BCUT2D eigenvalue weighted by molar-refractivity contribution is 0.0593. The second kappa shape index (κ2) is 3.70. The molecule has 7 heteroatoms. The normalized spacial score (nSPS) is 11.0. The van der Waals surface area contributed by atoms with Crippen molar-refractivity contribution in [3.05, 3.63) is 24.0 Å². The van der Waals surface area contributed by atoms with Gasteiger partial charge in [-0.2, -0.15) is 8.42 Å². The van der Waals surface area contributed by atoms with E-state index < -0.39 is 21.1 Å². The van der Waals surface area contributed by atoms with Crippen LogP contribution >= 0.6 is 0 Å². The third kappa shape index (κ3) is 2.25. The van der Waals surface area contributed by atoms with Gasteiger partial charge in [0.05, 0.1) is 7.11 Å². The number of halogens is 1. The van der Waals surface area contributed by atoms with Crippen molar-refractivity contribution in [1.29, 1.82) is 0 Å². The molecule has 0 bridgehead atoms. The van der Waals surface area contributed by atoms with Crippen molar-refractivity contribution in [3.63, 3.8) is 0 Å². The first-order chi connectivity index (χ1) is 6.45. The number of nitrogens with zero attached hydrogens (tertiary/aromatic N) is 1. The van der Waals surface area contributed by atoms with Crippen LogP contribution in [0.15, 0.2) is 23.2 Å². The largest absolute Gasteiger partial charge is 0.464 e. The molecule has 0 fully saturated rings. The van der Waals surface area contributed by atoms with Crippen LogP contribution in [-0.2, 0) is 15.0 Å². The molecular formula is C7H6FNO4S. The molecule has 0 atom stereocenters. The first-order valence-corrected chi connectivity index (χ1v) is 4.82. The Kier molecular flexibility index (Phi) is 2.80. The van der Waals surface area contributed by atoms with E-state index in [0.29, 0.717) is 0 Å². The van der Waals surface area contributed by atoms with Crippen molar-refractivity contribution in [2.24, 2.45) is 0 Å². The van der Waals surface area contributed by atoms with E-state index in [1.807, 2.05) is 0 Å². The van der Waals surface area contributed by atoms with Crippen LogP contribution in [0.2, 0.25) is 0 Å². The maximum Gasteiger partial charge on any atom is 0.356 e. The Morgan fingerprint density at radius 3 is 2.71 bits per heavy atom. The molecule has 0 saturated heterocycles. The second-order valence-electron chi connectivity index (χ2n) is 2.31. The molecule has 0 aliphatic rings. The third-order valence-corrected chi connectivity index (χ3v) is 2.22. The van der Waals surface area contributed by atoms with Gasteiger partial charge in [0.1, 0.15) is 10.6 Å². The molecule has 0 amide bonds. The fraction of sp³-hybridized carbons (Fsp3) is 0.143. The smallest absolute Gasteiger partial charge is 0.356 e. The van der Waals surface area contributed by atoms with Crippen LogP contribution in [0.25, 0.3) is 0 Å². The molecule has 1 aromatic rings. The molecule has 0 aliphatic carbocycles. The maximum atomic E-state index is 12.5. The van der Waals surface area contributed by atoms with Crippen molar-refractivity contribution >= 4 is 16.2 Å². The van der Waals surface area contributed by atoms with Crippen LogP contribution in [-0.4, -0.2) is 26.5 Å². The zero-order valence-electron chi connectivity index (χ0n) is 7.10. The molecule has 0 unspecified atom stereocenters. The molecule has 1 heterocycles. The summed E-state index contributed by atoms with van der Waals surface area (Å²) in [6.07, 6.45) is 1.01. The minimum absolute atomic E-state index is 0.258. The highest BCUT2D eigenvalue weighted by Crippen LogP contribution is 2.12. The van der Waals surface area contributed by atoms with Gasteiger partial charge in [-0.15, -0.1) is 3.89 Å². The predicted octanol–water partition coefficient (Wildman–Crippen LogP) is 0.526. The summed E-state index contributed by atoms with van der Waals surface area (Å²) in [5, 5.41) is 0. The van der Waals surface area contributed by atoms with Crippen LogP contribution in [0.1, 0.15) is 10.5 Å². The number of hydrogen-bond acceptors (Lipinski definition) is 5. The van der Waals surface area contributed by atoms with Gasteiger partial charge in [0.25, 0.3) is 0 Å². The lowest BCUT2D eigenvalue weighted by Crippen LogP contribution is -2.05. The third-order valence-electron chi connectivity index (χ3n) is 1.41.